The van der Waals surface area contributed by atoms with E-state index in [1.54, 1.807) is 0 Å². The molecule has 0 aromatic heterocycles. The monoisotopic (exact) mass is 277 g/mol. The third-order valence-corrected chi connectivity index (χ3v) is 3.59. The molecule has 0 bridgehead atoms. The van der Waals surface area contributed by atoms with Gasteiger partial charge in [-0.3, -0.25) is 0 Å². The minimum Gasteiger partial charge on any atom is -0.494 e. The normalized spacial score (nSPS) is 13.2. The number of allylic oxidation sites excluding steroid dienone is 2. The van der Waals surface area contributed by atoms with Gasteiger partial charge in [0.2, 0.25) is 0 Å². The van der Waals surface area contributed by atoms with Crippen molar-refractivity contribution in [1.29, 1.82) is 0 Å². The van der Waals surface area contributed by atoms with Gasteiger partial charge in [0.1, 0.15) is 5.75 Å². The van der Waals surface area contributed by atoms with Crippen molar-refractivity contribution in [1.82, 2.24) is 0 Å². The van der Waals surface area contributed by atoms with Gasteiger partial charge in [0.15, 0.2) is 0 Å². The van der Waals surface area contributed by atoms with Crippen molar-refractivity contribution in [3.63, 3.8) is 0 Å². The molecule has 0 N–H and O–H groups in total. The Morgan fingerprint density at radius 1 is 1.10 bits per heavy atom. The standard InChI is InChI=1S/C19H19NO/c1-3-21-17-9-10-19-18(13-17)15(2)11-12-20(19)14-16-7-5-4-6-8-16/h4-13H,2-3,14H2,1H3. The van der Waals surface area contributed by atoms with Gasteiger partial charge in [-0.15, -0.1) is 0 Å². The Morgan fingerprint density at radius 3 is 2.67 bits per heavy atom. The Kier molecular flexibility index (Phi) is 3.78. The molecule has 3 rings (SSSR count). The van der Waals surface area contributed by atoms with Gasteiger partial charge in [0, 0.05) is 24.0 Å². The zero-order valence-electron chi connectivity index (χ0n) is 12.3. The summed E-state index contributed by atoms with van der Waals surface area (Å²) in [5.41, 5.74) is 4.62. The molecule has 0 saturated carbocycles. The molecule has 0 fully saturated rings. The van der Waals surface area contributed by atoms with Crippen molar-refractivity contribution in [2.75, 3.05) is 11.5 Å². The van der Waals surface area contributed by atoms with E-state index >= 15 is 0 Å². The van der Waals surface area contributed by atoms with Crippen LogP contribution in [0, 0.1) is 0 Å². The molecule has 106 valence electrons. The fourth-order valence-corrected chi connectivity index (χ4v) is 2.55. The highest BCUT2D eigenvalue weighted by Crippen LogP contribution is 2.35. The van der Waals surface area contributed by atoms with E-state index in [9.17, 15) is 0 Å². The van der Waals surface area contributed by atoms with Crippen LogP contribution in [0.4, 0.5) is 5.69 Å². The summed E-state index contributed by atoms with van der Waals surface area (Å²) < 4.78 is 5.59. The predicted molar refractivity (Wildman–Crippen MR) is 88.4 cm³/mol. The average Bonchev–Trinajstić information content (AvgIpc) is 2.52. The van der Waals surface area contributed by atoms with Crippen molar-refractivity contribution in [3.8, 4) is 5.75 Å². The molecule has 0 saturated heterocycles. The molecule has 0 radical (unpaired) electrons. The van der Waals surface area contributed by atoms with Crippen molar-refractivity contribution >= 4 is 11.3 Å². The van der Waals surface area contributed by atoms with Crippen LogP contribution in [0.15, 0.2) is 67.4 Å². The second-order valence-corrected chi connectivity index (χ2v) is 5.07. The van der Waals surface area contributed by atoms with E-state index in [0.29, 0.717) is 6.61 Å². The minimum absolute atomic E-state index is 0.675. The number of hydrogen-bond donors (Lipinski definition) is 0. The number of rotatable bonds is 4. The van der Waals surface area contributed by atoms with Gasteiger partial charge in [0.25, 0.3) is 0 Å². The first-order valence-electron chi connectivity index (χ1n) is 7.23. The third kappa shape index (κ3) is 2.84. The predicted octanol–water partition coefficient (Wildman–Crippen LogP) is 4.63. The summed E-state index contributed by atoms with van der Waals surface area (Å²) in [4.78, 5) is 2.25. The van der Waals surface area contributed by atoms with Crippen LogP contribution in [0.25, 0.3) is 5.57 Å². The highest BCUT2D eigenvalue weighted by atomic mass is 16.5. The number of nitrogens with zero attached hydrogens (tertiary/aromatic N) is 1. The lowest BCUT2D eigenvalue weighted by Gasteiger charge is -2.28. The lowest BCUT2D eigenvalue weighted by molar-refractivity contribution is 0.340. The quantitative estimate of drug-likeness (QED) is 0.807. The number of benzene rings is 2. The van der Waals surface area contributed by atoms with Crippen molar-refractivity contribution in [2.45, 2.75) is 13.5 Å². The van der Waals surface area contributed by atoms with Gasteiger partial charge in [-0.1, -0.05) is 36.9 Å². The second kappa shape index (κ2) is 5.88. The van der Waals surface area contributed by atoms with Crippen LogP contribution >= 0.6 is 0 Å². The molecule has 0 atom stereocenters. The zero-order chi connectivity index (χ0) is 14.7. The second-order valence-electron chi connectivity index (χ2n) is 5.07. The van der Waals surface area contributed by atoms with E-state index < -0.39 is 0 Å². The summed E-state index contributed by atoms with van der Waals surface area (Å²) in [5.74, 6) is 0.896. The summed E-state index contributed by atoms with van der Waals surface area (Å²) in [6, 6.07) is 16.7. The van der Waals surface area contributed by atoms with Crippen LogP contribution in [0.5, 0.6) is 5.75 Å². The molecule has 2 nitrogen and oxygen atoms in total. The molecule has 0 unspecified atom stereocenters. The van der Waals surface area contributed by atoms with Gasteiger partial charge < -0.3 is 9.64 Å². The molecule has 2 heteroatoms. The Balaban J connectivity index is 1.92. The number of anilines is 1. The molecule has 0 aliphatic carbocycles. The highest BCUT2D eigenvalue weighted by Gasteiger charge is 2.16. The van der Waals surface area contributed by atoms with Gasteiger partial charge >= 0.3 is 0 Å². The molecule has 2 aromatic carbocycles. The number of fused-ring (bicyclic) bond motifs is 1. The van der Waals surface area contributed by atoms with Gasteiger partial charge in [0.05, 0.1) is 6.61 Å². The Morgan fingerprint density at radius 2 is 1.90 bits per heavy atom. The topological polar surface area (TPSA) is 12.5 Å². The van der Waals surface area contributed by atoms with E-state index in [0.717, 1.165) is 23.4 Å². The smallest absolute Gasteiger partial charge is 0.120 e. The molecule has 0 amide bonds. The number of ether oxygens (including phenoxy) is 1. The van der Waals surface area contributed by atoms with E-state index in [1.807, 2.05) is 19.1 Å². The molecule has 1 aliphatic heterocycles. The molecular weight excluding hydrogens is 258 g/mol. The van der Waals surface area contributed by atoms with E-state index in [4.69, 9.17) is 4.74 Å². The fraction of sp³-hybridized carbons (Fsp3) is 0.158. The van der Waals surface area contributed by atoms with Gasteiger partial charge in [-0.2, -0.15) is 0 Å². The molecule has 2 aromatic rings. The molecule has 1 heterocycles. The summed E-state index contributed by atoms with van der Waals surface area (Å²) in [6.45, 7) is 7.65. The van der Waals surface area contributed by atoms with Crippen LogP contribution in [0.2, 0.25) is 0 Å². The summed E-state index contributed by atoms with van der Waals surface area (Å²) in [5, 5.41) is 0. The summed E-state index contributed by atoms with van der Waals surface area (Å²) in [6.07, 6.45) is 4.15. The first-order valence-corrected chi connectivity index (χ1v) is 7.23. The Labute approximate surface area is 126 Å². The summed E-state index contributed by atoms with van der Waals surface area (Å²) >= 11 is 0. The summed E-state index contributed by atoms with van der Waals surface area (Å²) in [7, 11) is 0. The molecule has 21 heavy (non-hydrogen) atoms. The first-order chi connectivity index (χ1) is 10.3. The van der Waals surface area contributed by atoms with Crippen LogP contribution < -0.4 is 9.64 Å². The van der Waals surface area contributed by atoms with Crippen molar-refractivity contribution < 1.29 is 4.74 Å². The van der Waals surface area contributed by atoms with Crippen LogP contribution in [0.1, 0.15) is 18.1 Å². The van der Waals surface area contributed by atoms with Crippen LogP contribution in [-0.4, -0.2) is 6.61 Å². The van der Waals surface area contributed by atoms with E-state index in [2.05, 4.69) is 60.2 Å². The lowest BCUT2D eigenvalue weighted by atomic mass is 10.0. The third-order valence-electron chi connectivity index (χ3n) is 3.59. The van der Waals surface area contributed by atoms with Crippen molar-refractivity contribution in [3.05, 3.63) is 78.5 Å². The van der Waals surface area contributed by atoms with E-state index in [1.165, 1.54) is 11.3 Å². The van der Waals surface area contributed by atoms with Crippen LogP contribution in [0.3, 0.4) is 0 Å². The molecule has 1 aliphatic rings. The first kappa shape index (κ1) is 13.5. The van der Waals surface area contributed by atoms with Gasteiger partial charge in [-0.05, 0) is 42.3 Å². The van der Waals surface area contributed by atoms with Gasteiger partial charge in [-0.25, -0.2) is 0 Å². The maximum absolute atomic E-state index is 5.59. The maximum atomic E-state index is 5.59. The largest absolute Gasteiger partial charge is 0.494 e. The fourth-order valence-electron chi connectivity index (χ4n) is 2.55. The van der Waals surface area contributed by atoms with Crippen molar-refractivity contribution in [2.24, 2.45) is 0 Å². The molecule has 0 spiro atoms. The molecular formula is C19H19NO. The Bertz CT molecular complexity index is 673. The number of hydrogen-bond acceptors (Lipinski definition) is 2. The van der Waals surface area contributed by atoms with Crippen LogP contribution in [-0.2, 0) is 6.54 Å². The SMILES string of the molecule is C=C1C=CN(Cc2ccccc2)c2ccc(OCC)cc21. The zero-order valence-corrected chi connectivity index (χ0v) is 12.3. The minimum atomic E-state index is 0.675. The van der Waals surface area contributed by atoms with E-state index in [-0.39, 0.29) is 0 Å². The average molecular weight is 277 g/mol. The highest BCUT2D eigenvalue weighted by molar-refractivity contribution is 5.85. The Hall–Kier alpha value is -2.48. The maximum Gasteiger partial charge on any atom is 0.120 e. The lowest BCUT2D eigenvalue weighted by Crippen LogP contribution is -2.19.